The van der Waals surface area contributed by atoms with Crippen LogP contribution in [0, 0.1) is 0 Å². The van der Waals surface area contributed by atoms with Crippen molar-refractivity contribution in [3.8, 4) is 0 Å². The summed E-state index contributed by atoms with van der Waals surface area (Å²) in [5, 5.41) is 3.46. The van der Waals surface area contributed by atoms with Gasteiger partial charge in [0.1, 0.15) is 5.76 Å². The predicted octanol–water partition coefficient (Wildman–Crippen LogP) is 3.18. The van der Waals surface area contributed by atoms with Gasteiger partial charge in [-0.25, -0.2) is 0 Å². The number of nitrogens with one attached hydrogen (secondary N) is 1. The molecule has 1 fully saturated rings. The summed E-state index contributed by atoms with van der Waals surface area (Å²) in [6.07, 6.45) is 3.77. The molecule has 4 heteroatoms. The zero-order valence-electron chi connectivity index (χ0n) is 10.6. The molecule has 0 bridgehead atoms. The van der Waals surface area contributed by atoms with Crippen LogP contribution in [0.3, 0.4) is 0 Å². The molecule has 1 aliphatic rings. The molecule has 1 aromatic heterocycles. The minimum Gasteiger partial charge on any atom is -0.453 e. The summed E-state index contributed by atoms with van der Waals surface area (Å²) in [5.41, 5.74) is 0. The Morgan fingerprint density at radius 2 is 2.24 bits per heavy atom. The predicted molar refractivity (Wildman–Crippen MR) is 73.1 cm³/mol. The molecule has 0 spiro atoms. The van der Waals surface area contributed by atoms with Gasteiger partial charge in [0.15, 0.2) is 4.67 Å². The lowest BCUT2D eigenvalue weighted by Crippen LogP contribution is -2.34. The zero-order chi connectivity index (χ0) is 12.3. The fraction of sp³-hybridized carbons (Fsp3) is 0.692. The van der Waals surface area contributed by atoms with Crippen molar-refractivity contribution >= 4 is 15.9 Å². The molecule has 2 atom stereocenters. The van der Waals surface area contributed by atoms with Crippen molar-refractivity contribution in [3.05, 3.63) is 22.6 Å². The van der Waals surface area contributed by atoms with Crippen LogP contribution in [0.4, 0.5) is 0 Å². The standard InChI is InChI=1S/C13H21BrN2O/c1-10(12-5-6-13(14)17-12)16(2)11-4-3-8-15-9-7-11/h5-6,10-11,15H,3-4,7-9H2,1-2H3. The van der Waals surface area contributed by atoms with Crippen LogP contribution in [0.15, 0.2) is 21.2 Å². The van der Waals surface area contributed by atoms with Gasteiger partial charge in [-0.05, 0) is 74.4 Å². The van der Waals surface area contributed by atoms with E-state index >= 15 is 0 Å². The molecular weight excluding hydrogens is 280 g/mol. The van der Waals surface area contributed by atoms with Crippen LogP contribution in [0.1, 0.15) is 38.0 Å². The summed E-state index contributed by atoms with van der Waals surface area (Å²) < 4.78 is 6.46. The van der Waals surface area contributed by atoms with Crippen molar-refractivity contribution in [2.45, 2.75) is 38.3 Å². The number of nitrogens with zero attached hydrogens (tertiary/aromatic N) is 1. The smallest absolute Gasteiger partial charge is 0.169 e. The quantitative estimate of drug-likeness (QED) is 0.929. The van der Waals surface area contributed by atoms with E-state index in [1.807, 2.05) is 6.07 Å². The number of hydrogen-bond donors (Lipinski definition) is 1. The second-order valence-corrected chi connectivity index (χ2v) is 5.60. The van der Waals surface area contributed by atoms with Crippen molar-refractivity contribution in [2.24, 2.45) is 0 Å². The van der Waals surface area contributed by atoms with Crippen LogP contribution in [-0.4, -0.2) is 31.1 Å². The van der Waals surface area contributed by atoms with Crippen LogP contribution in [0.2, 0.25) is 0 Å². The second kappa shape index (κ2) is 6.03. The number of rotatable bonds is 3. The Morgan fingerprint density at radius 3 is 2.94 bits per heavy atom. The molecule has 1 aromatic rings. The summed E-state index contributed by atoms with van der Waals surface area (Å²) in [6, 6.07) is 5.02. The van der Waals surface area contributed by atoms with E-state index in [-0.39, 0.29) is 0 Å². The highest BCUT2D eigenvalue weighted by atomic mass is 79.9. The third-order valence-corrected chi connectivity index (χ3v) is 4.16. The van der Waals surface area contributed by atoms with E-state index in [1.54, 1.807) is 0 Å². The second-order valence-electron chi connectivity index (χ2n) is 4.82. The summed E-state index contributed by atoms with van der Waals surface area (Å²) in [5.74, 6) is 1.04. The molecular formula is C13H21BrN2O. The molecule has 96 valence electrons. The number of furan rings is 1. The fourth-order valence-electron chi connectivity index (χ4n) is 2.48. The van der Waals surface area contributed by atoms with Crippen molar-refractivity contribution in [2.75, 3.05) is 20.1 Å². The average Bonchev–Trinajstić information content (AvgIpc) is 2.60. The van der Waals surface area contributed by atoms with Gasteiger partial charge in [0, 0.05) is 6.04 Å². The molecule has 3 nitrogen and oxygen atoms in total. The van der Waals surface area contributed by atoms with E-state index in [0.29, 0.717) is 12.1 Å². The van der Waals surface area contributed by atoms with Crippen molar-refractivity contribution in [1.82, 2.24) is 10.2 Å². The van der Waals surface area contributed by atoms with Gasteiger partial charge >= 0.3 is 0 Å². The zero-order valence-corrected chi connectivity index (χ0v) is 12.2. The third-order valence-electron chi connectivity index (χ3n) is 3.74. The highest BCUT2D eigenvalue weighted by molar-refractivity contribution is 9.10. The summed E-state index contributed by atoms with van der Waals surface area (Å²) in [4.78, 5) is 2.44. The SMILES string of the molecule is CC(c1ccc(Br)o1)N(C)C1CCCNCC1. The Balaban J connectivity index is 2.00. The van der Waals surface area contributed by atoms with E-state index in [4.69, 9.17) is 4.42 Å². The molecule has 0 aromatic carbocycles. The molecule has 0 amide bonds. The Bertz CT molecular complexity index is 345. The van der Waals surface area contributed by atoms with Gasteiger partial charge < -0.3 is 9.73 Å². The van der Waals surface area contributed by atoms with Crippen LogP contribution in [0.25, 0.3) is 0 Å². The van der Waals surface area contributed by atoms with Gasteiger partial charge in [0.25, 0.3) is 0 Å². The van der Waals surface area contributed by atoms with Gasteiger partial charge in [-0.1, -0.05) is 0 Å². The third kappa shape index (κ3) is 3.33. The minimum absolute atomic E-state index is 0.337. The first-order valence-corrected chi connectivity index (χ1v) is 7.15. The van der Waals surface area contributed by atoms with Gasteiger partial charge in [0.2, 0.25) is 0 Å². The van der Waals surface area contributed by atoms with Gasteiger partial charge in [-0.15, -0.1) is 0 Å². The van der Waals surface area contributed by atoms with E-state index in [2.05, 4.69) is 46.2 Å². The molecule has 17 heavy (non-hydrogen) atoms. The molecule has 0 radical (unpaired) electrons. The first-order valence-electron chi connectivity index (χ1n) is 6.36. The Kier molecular flexibility index (Phi) is 4.65. The topological polar surface area (TPSA) is 28.4 Å². The maximum absolute atomic E-state index is 5.65. The Labute approximate surface area is 112 Å². The van der Waals surface area contributed by atoms with Gasteiger partial charge in [-0.3, -0.25) is 4.90 Å². The number of halogens is 1. The molecule has 1 aliphatic heterocycles. The van der Waals surface area contributed by atoms with Crippen LogP contribution in [-0.2, 0) is 0 Å². The molecule has 2 heterocycles. The molecule has 2 unspecified atom stereocenters. The number of hydrogen-bond acceptors (Lipinski definition) is 3. The van der Waals surface area contributed by atoms with Crippen LogP contribution in [0.5, 0.6) is 0 Å². The van der Waals surface area contributed by atoms with Crippen molar-refractivity contribution in [3.63, 3.8) is 0 Å². The van der Waals surface area contributed by atoms with E-state index < -0.39 is 0 Å². The molecule has 0 aliphatic carbocycles. The summed E-state index contributed by atoms with van der Waals surface area (Å²) >= 11 is 3.36. The van der Waals surface area contributed by atoms with E-state index in [1.165, 1.54) is 19.3 Å². The molecule has 0 saturated carbocycles. The summed E-state index contributed by atoms with van der Waals surface area (Å²) in [6.45, 7) is 4.50. The monoisotopic (exact) mass is 300 g/mol. The van der Waals surface area contributed by atoms with Crippen LogP contribution >= 0.6 is 15.9 Å². The highest BCUT2D eigenvalue weighted by Crippen LogP contribution is 2.27. The van der Waals surface area contributed by atoms with Gasteiger partial charge in [0.05, 0.1) is 6.04 Å². The average molecular weight is 301 g/mol. The maximum atomic E-state index is 5.65. The maximum Gasteiger partial charge on any atom is 0.169 e. The molecule has 2 rings (SSSR count). The fourth-order valence-corrected chi connectivity index (χ4v) is 2.80. The van der Waals surface area contributed by atoms with Crippen LogP contribution < -0.4 is 5.32 Å². The lowest BCUT2D eigenvalue weighted by Gasteiger charge is -2.31. The van der Waals surface area contributed by atoms with E-state index in [0.717, 1.165) is 23.5 Å². The highest BCUT2D eigenvalue weighted by Gasteiger charge is 2.23. The summed E-state index contributed by atoms with van der Waals surface area (Å²) in [7, 11) is 2.21. The van der Waals surface area contributed by atoms with E-state index in [9.17, 15) is 0 Å². The molecule has 1 saturated heterocycles. The first kappa shape index (κ1) is 13.1. The Morgan fingerprint density at radius 1 is 1.41 bits per heavy atom. The lowest BCUT2D eigenvalue weighted by atomic mass is 10.1. The van der Waals surface area contributed by atoms with Gasteiger partial charge in [-0.2, -0.15) is 0 Å². The Hall–Kier alpha value is -0.320. The van der Waals surface area contributed by atoms with Crippen molar-refractivity contribution < 1.29 is 4.42 Å². The largest absolute Gasteiger partial charge is 0.453 e. The van der Waals surface area contributed by atoms with Crippen molar-refractivity contribution in [1.29, 1.82) is 0 Å². The lowest BCUT2D eigenvalue weighted by molar-refractivity contribution is 0.153. The minimum atomic E-state index is 0.337. The first-order chi connectivity index (χ1) is 8.18. The molecule has 1 N–H and O–H groups in total. The normalized spacial score (nSPS) is 23.6.